The molecule has 29 heavy (non-hydrogen) atoms. The molecule has 1 heterocycles. The Hall–Kier alpha value is -3.08. The third kappa shape index (κ3) is 3.90. The topological polar surface area (TPSA) is 58.6 Å². The van der Waals surface area contributed by atoms with E-state index in [0.29, 0.717) is 6.42 Å². The molecular weight excluding hydrogens is 364 g/mol. The van der Waals surface area contributed by atoms with E-state index in [-0.39, 0.29) is 18.4 Å². The van der Waals surface area contributed by atoms with Crippen LogP contribution in [-0.4, -0.2) is 42.6 Å². The first-order chi connectivity index (χ1) is 14.2. The van der Waals surface area contributed by atoms with E-state index in [0.717, 1.165) is 37.1 Å². The maximum absolute atomic E-state index is 12.7. The van der Waals surface area contributed by atoms with Gasteiger partial charge in [-0.1, -0.05) is 54.6 Å². The molecule has 5 nitrogen and oxygen atoms in total. The number of rotatable bonds is 6. The second-order valence-electron chi connectivity index (χ2n) is 7.58. The summed E-state index contributed by atoms with van der Waals surface area (Å²) in [4.78, 5) is 27.0. The second kappa shape index (κ2) is 8.52. The average Bonchev–Trinajstić information content (AvgIpc) is 3.38. The molecule has 1 N–H and O–H groups in total. The van der Waals surface area contributed by atoms with Crippen LogP contribution in [0.3, 0.4) is 0 Å². The van der Waals surface area contributed by atoms with Crippen molar-refractivity contribution >= 4 is 12.0 Å². The molecular formula is C24H26N2O3. The van der Waals surface area contributed by atoms with Gasteiger partial charge in [-0.15, -0.1) is 6.58 Å². The van der Waals surface area contributed by atoms with Crippen LogP contribution in [0.1, 0.15) is 36.3 Å². The molecule has 0 aromatic heterocycles. The summed E-state index contributed by atoms with van der Waals surface area (Å²) >= 11 is 0. The van der Waals surface area contributed by atoms with E-state index >= 15 is 0 Å². The van der Waals surface area contributed by atoms with Crippen molar-refractivity contribution in [2.45, 2.75) is 31.2 Å². The third-order valence-electron chi connectivity index (χ3n) is 5.75. The van der Waals surface area contributed by atoms with Crippen molar-refractivity contribution in [1.29, 1.82) is 0 Å². The molecule has 0 unspecified atom stereocenters. The van der Waals surface area contributed by atoms with Crippen molar-refractivity contribution < 1.29 is 14.3 Å². The minimum atomic E-state index is -0.624. The van der Waals surface area contributed by atoms with E-state index in [1.54, 1.807) is 11.0 Å². The van der Waals surface area contributed by atoms with Crippen LogP contribution in [0.5, 0.6) is 0 Å². The summed E-state index contributed by atoms with van der Waals surface area (Å²) in [5.74, 6) is -0.0591. The van der Waals surface area contributed by atoms with Crippen LogP contribution in [0.15, 0.2) is 61.2 Å². The minimum absolute atomic E-state index is 0.000267. The molecule has 1 atom stereocenters. The number of benzene rings is 2. The number of likely N-dealkylation sites (tertiary alicyclic amines) is 1. The molecule has 0 spiro atoms. The summed E-state index contributed by atoms with van der Waals surface area (Å²) < 4.78 is 5.57. The molecule has 0 bridgehead atoms. The first-order valence-corrected chi connectivity index (χ1v) is 10.2. The van der Waals surface area contributed by atoms with E-state index in [9.17, 15) is 9.59 Å². The highest BCUT2D eigenvalue weighted by Gasteiger charge is 2.30. The summed E-state index contributed by atoms with van der Waals surface area (Å²) in [5, 5.41) is 2.74. The quantitative estimate of drug-likeness (QED) is 0.756. The molecule has 2 aliphatic rings. The zero-order valence-corrected chi connectivity index (χ0v) is 16.5. The summed E-state index contributed by atoms with van der Waals surface area (Å²) in [6, 6.07) is 15.8. The van der Waals surface area contributed by atoms with Gasteiger partial charge < -0.3 is 15.0 Å². The molecule has 2 amide bonds. The normalized spacial score (nSPS) is 16.1. The molecule has 2 aromatic rings. The monoisotopic (exact) mass is 390 g/mol. The number of amides is 2. The summed E-state index contributed by atoms with van der Waals surface area (Å²) in [5.41, 5.74) is 4.70. The maximum Gasteiger partial charge on any atom is 0.407 e. The largest absolute Gasteiger partial charge is 0.449 e. The summed E-state index contributed by atoms with van der Waals surface area (Å²) in [6.45, 7) is 5.45. The van der Waals surface area contributed by atoms with Crippen LogP contribution in [0, 0.1) is 0 Å². The van der Waals surface area contributed by atoms with Crippen LogP contribution in [0.4, 0.5) is 4.79 Å². The Morgan fingerprint density at radius 3 is 2.24 bits per heavy atom. The molecule has 150 valence electrons. The van der Waals surface area contributed by atoms with Gasteiger partial charge in [-0.2, -0.15) is 0 Å². The van der Waals surface area contributed by atoms with Gasteiger partial charge in [-0.05, 0) is 41.5 Å². The summed E-state index contributed by atoms with van der Waals surface area (Å²) in [6.07, 6.45) is 3.50. The van der Waals surface area contributed by atoms with Gasteiger partial charge >= 0.3 is 6.09 Å². The Morgan fingerprint density at radius 1 is 1.07 bits per heavy atom. The molecule has 1 saturated heterocycles. The smallest absolute Gasteiger partial charge is 0.407 e. The first-order valence-electron chi connectivity index (χ1n) is 10.2. The Bertz CT molecular complexity index is 872. The van der Waals surface area contributed by atoms with Gasteiger partial charge in [-0.3, -0.25) is 4.79 Å². The number of hydrogen-bond acceptors (Lipinski definition) is 3. The van der Waals surface area contributed by atoms with Gasteiger partial charge in [0.25, 0.3) is 0 Å². The van der Waals surface area contributed by atoms with Gasteiger partial charge in [0, 0.05) is 19.0 Å². The Morgan fingerprint density at radius 2 is 1.66 bits per heavy atom. The van der Waals surface area contributed by atoms with Crippen LogP contribution >= 0.6 is 0 Å². The van der Waals surface area contributed by atoms with Crippen LogP contribution < -0.4 is 5.32 Å². The first kappa shape index (κ1) is 19.2. The maximum atomic E-state index is 12.7. The number of ether oxygens (including phenoxy) is 1. The van der Waals surface area contributed by atoms with E-state index in [2.05, 4.69) is 36.2 Å². The van der Waals surface area contributed by atoms with Gasteiger partial charge in [0.2, 0.25) is 5.91 Å². The molecule has 0 radical (unpaired) electrons. The minimum Gasteiger partial charge on any atom is -0.449 e. The van der Waals surface area contributed by atoms with E-state index in [1.165, 1.54) is 11.1 Å². The van der Waals surface area contributed by atoms with E-state index in [4.69, 9.17) is 4.74 Å². The lowest BCUT2D eigenvalue weighted by molar-refractivity contribution is -0.132. The fraction of sp³-hybridized carbons (Fsp3) is 0.333. The number of carbonyl (C=O) groups is 2. The zero-order valence-electron chi connectivity index (χ0n) is 16.5. The Balaban J connectivity index is 1.42. The molecule has 0 saturated carbocycles. The number of nitrogens with one attached hydrogen (secondary N) is 1. The van der Waals surface area contributed by atoms with Crippen LogP contribution in [0.2, 0.25) is 0 Å². The highest BCUT2D eigenvalue weighted by Crippen LogP contribution is 2.44. The lowest BCUT2D eigenvalue weighted by atomic mass is 9.98. The predicted molar refractivity (Wildman–Crippen MR) is 113 cm³/mol. The van der Waals surface area contributed by atoms with Crippen molar-refractivity contribution in [3.05, 3.63) is 72.3 Å². The third-order valence-corrected chi connectivity index (χ3v) is 5.75. The fourth-order valence-electron chi connectivity index (χ4n) is 4.33. The number of carbonyl (C=O) groups excluding carboxylic acids is 2. The van der Waals surface area contributed by atoms with Crippen molar-refractivity contribution in [1.82, 2.24) is 10.2 Å². The van der Waals surface area contributed by atoms with Crippen molar-refractivity contribution in [3.8, 4) is 11.1 Å². The zero-order chi connectivity index (χ0) is 20.2. The summed E-state index contributed by atoms with van der Waals surface area (Å²) in [7, 11) is 0. The van der Waals surface area contributed by atoms with Crippen molar-refractivity contribution in [2.75, 3.05) is 19.7 Å². The predicted octanol–water partition coefficient (Wildman–Crippen LogP) is 4.09. The average molecular weight is 390 g/mol. The number of nitrogens with zero attached hydrogens (tertiary/aromatic N) is 1. The lowest BCUT2D eigenvalue weighted by Gasteiger charge is -2.23. The SMILES string of the molecule is C=CC[C@H](NC(=O)OCC1c2ccccc2-c2ccccc21)C(=O)N1CCCC1. The van der Waals surface area contributed by atoms with Gasteiger partial charge in [0.05, 0.1) is 0 Å². The molecule has 1 fully saturated rings. The highest BCUT2D eigenvalue weighted by molar-refractivity contribution is 5.86. The number of alkyl carbamates (subject to hydrolysis) is 1. The number of fused-ring (bicyclic) bond motifs is 3. The van der Waals surface area contributed by atoms with Crippen LogP contribution in [-0.2, 0) is 9.53 Å². The molecule has 2 aromatic carbocycles. The lowest BCUT2D eigenvalue weighted by Crippen LogP contribution is -2.47. The molecule has 4 rings (SSSR count). The Kier molecular flexibility index (Phi) is 5.65. The Labute approximate surface area is 171 Å². The fourth-order valence-corrected chi connectivity index (χ4v) is 4.33. The number of hydrogen-bond donors (Lipinski definition) is 1. The molecule has 1 aliphatic heterocycles. The van der Waals surface area contributed by atoms with Gasteiger partial charge in [0.15, 0.2) is 0 Å². The van der Waals surface area contributed by atoms with Crippen LogP contribution in [0.25, 0.3) is 11.1 Å². The molecule has 1 aliphatic carbocycles. The van der Waals surface area contributed by atoms with Crippen molar-refractivity contribution in [2.24, 2.45) is 0 Å². The van der Waals surface area contributed by atoms with Crippen molar-refractivity contribution in [3.63, 3.8) is 0 Å². The second-order valence-corrected chi connectivity index (χ2v) is 7.58. The highest BCUT2D eigenvalue weighted by atomic mass is 16.5. The van der Waals surface area contributed by atoms with Gasteiger partial charge in [-0.25, -0.2) is 4.79 Å². The molecule has 5 heteroatoms. The van der Waals surface area contributed by atoms with Gasteiger partial charge in [0.1, 0.15) is 12.6 Å². The van der Waals surface area contributed by atoms with E-state index < -0.39 is 12.1 Å². The van der Waals surface area contributed by atoms with E-state index in [1.807, 2.05) is 24.3 Å². The standard InChI is InChI=1S/C24H26N2O3/c1-2-9-22(23(27)26-14-7-8-15-26)25-24(28)29-16-21-19-12-5-3-10-17(19)18-11-4-6-13-20(18)21/h2-6,10-13,21-22H,1,7-9,14-16H2,(H,25,28)/t22-/m0/s1.